The zero-order valence-corrected chi connectivity index (χ0v) is 18.2. The summed E-state index contributed by atoms with van der Waals surface area (Å²) < 4.78 is 24.8. The fraction of sp³-hybridized carbons (Fsp3) is 0.583. The van der Waals surface area contributed by atoms with Gasteiger partial charge in [0.15, 0.2) is 11.6 Å². The second-order valence-corrected chi connectivity index (χ2v) is 7.60. The summed E-state index contributed by atoms with van der Waals surface area (Å²) in [4.78, 5) is 8.66. The van der Waals surface area contributed by atoms with Crippen LogP contribution in [0.25, 0.3) is 11.4 Å². The maximum absolute atomic E-state index is 13.6. The van der Waals surface area contributed by atoms with Crippen molar-refractivity contribution >= 4 is 0 Å². The summed E-state index contributed by atoms with van der Waals surface area (Å²) in [6, 6.07) is 7.46. The molecule has 0 aliphatic rings. The summed E-state index contributed by atoms with van der Waals surface area (Å²) in [5.74, 6) is 1.83. The van der Waals surface area contributed by atoms with Crippen molar-refractivity contribution in [1.82, 2.24) is 9.97 Å². The Morgan fingerprint density at radius 3 is 2.23 bits per heavy atom. The van der Waals surface area contributed by atoms with Gasteiger partial charge in [-0.2, -0.15) is 0 Å². The summed E-state index contributed by atoms with van der Waals surface area (Å²) in [7, 11) is 0. The van der Waals surface area contributed by atoms with E-state index >= 15 is 0 Å². The van der Waals surface area contributed by atoms with E-state index < -0.39 is 12.3 Å². The number of ether oxygens (including phenoxy) is 2. The second-order valence-electron chi connectivity index (χ2n) is 7.60. The maximum Gasteiger partial charge on any atom is 0.159 e. The molecule has 0 spiro atoms. The molecule has 0 saturated carbocycles. The van der Waals surface area contributed by atoms with Crippen LogP contribution in [0.2, 0.25) is 0 Å². The number of unbranched alkanes of at least 4 members (excludes halogenated alkanes) is 3. The molecule has 1 heterocycles. The number of aliphatic hydroxyl groups excluding tert-OH is 1. The number of alkyl halides is 1. The van der Waals surface area contributed by atoms with Gasteiger partial charge in [-0.3, -0.25) is 0 Å². The Morgan fingerprint density at radius 1 is 0.867 bits per heavy atom. The molecule has 0 saturated heterocycles. The van der Waals surface area contributed by atoms with Crippen molar-refractivity contribution in [2.75, 3.05) is 13.2 Å². The van der Waals surface area contributed by atoms with Crippen LogP contribution >= 0.6 is 0 Å². The van der Waals surface area contributed by atoms with Gasteiger partial charge in [0.2, 0.25) is 0 Å². The number of nitrogens with zero attached hydrogens (tertiary/aromatic N) is 2. The van der Waals surface area contributed by atoms with Crippen molar-refractivity contribution in [2.24, 2.45) is 0 Å². The van der Waals surface area contributed by atoms with E-state index in [4.69, 9.17) is 9.47 Å². The Balaban J connectivity index is 1.76. The normalized spacial score (nSPS) is 13.1. The highest BCUT2D eigenvalue weighted by atomic mass is 19.1. The third-order valence-corrected chi connectivity index (χ3v) is 4.89. The summed E-state index contributed by atoms with van der Waals surface area (Å²) in [6.45, 7) is 4.82. The predicted molar refractivity (Wildman–Crippen MR) is 118 cm³/mol. The lowest BCUT2D eigenvalue weighted by Gasteiger charge is -2.12. The SMILES string of the molecule is CCCCC[C@H](O)COc1ccc(-c2ncc(OCC[C@@H](F)CCCC)cn2)cc1. The van der Waals surface area contributed by atoms with Gasteiger partial charge in [-0.15, -0.1) is 0 Å². The zero-order chi connectivity index (χ0) is 21.6. The molecule has 2 aromatic rings. The van der Waals surface area contributed by atoms with E-state index in [1.807, 2.05) is 24.3 Å². The number of halogens is 1. The quantitative estimate of drug-likeness (QED) is 0.373. The number of hydrogen-bond donors (Lipinski definition) is 1. The molecule has 2 atom stereocenters. The third kappa shape index (κ3) is 9.08. The number of hydrogen-bond acceptors (Lipinski definition) is 5. The Labute approximate surface area is 179 Å². The minimum absolute atomic E-state index is 0.295. The molecule has 0 aliphatic heterocycles. The Morgan fingerprint density at radius 2 is 1.57 bits per heavy atom. The summed E-state index contributed by atoms with van der Waals surface area (Å²) in [6.07, 6.45) is 8.90. The van der Waals surface area contributed by atoms with Crippen LogP contribution in [0.5, 0.6) is 11.5 Å². The number of aromatic nitrogens is 2. The molecule has 0 fully saturated rings. The first-order valence-corrected chi connectivity index (χ1v) is 11.1. The first-order valence-electron chi connectivity index (χ1n) is 11.1. The minimum Gasteiger partial charge on any atom is -0.491 e. The average molecular weight is 419 g/mol. The molecule has 1 aromatic heterocycles. The van der Waals surface area contributed by atoms with Crippen LogP contribution in [0.1, 0.15) is 65.2 Å². The van der Waals surface area contributed by atoms with Crippen LogP contribution in [0, 0.1) is 0 Å². The topological polar surface area (TPSA) is 64.5 Å². The first-order chi connectivity index (χ1) is 14.6. The van der Waals surface area contributed by atoms with Gasteiger partial charge in [0.05, 0.1) is 25.1 Å². The third-order valence-electron chi connectivity index (χ3n) is 4.89. The van der Waals surface area contributed by atoms with Crippen LogP contribution in [-0.4, -0.2) is 40.6 Å². The van der Waals surface area contributed by atoms with Gasteiger partial charge in [-0.1, -0.05) is 46.0 Å². The first kappa shape index (κ1) is 24.1. The second kappa shape index (κ2) is 13.9. The molecule has 0 radical (unpaired) electrons. The largest absolute Gasteiger partial charge is 0.491 e. The number of rotatable bonds is 15. The van der Waals surface area contributed by atoms with Gasteiger partial charge < -0.3 is 14.6 Å². The van der Waals surface area contributed by atoms with Gasteiger partial charge in [-0.25, -0.2) is 14.4 Å². The summed E-state index contributed by atoms with van der Waals surface area (Å²) in [5.41, 5.74) is 0.862. The smallest absolute Gasteiger partial charge is 0.159 e. The molecule has 1 aromatic carbocycles. The molecule has 1 N–H and O–H groups in total. The zero-order valence-electron chi connectivity index (χ0n) is 18.2. The van der Waals surface area contributed by atoms with Gasteiger partial charge >= 0.3 is 0 Å². The fourth-order valence-corrected chi connectivity index (χ4v) is 3.02. The Hall–Kier alpha value is -2.21. The van der Waals surface area contributed by atoms with Crippen molar-refractivity contribution in [3.8, 4) is 22.9 Å². The van der Waals surface area contributed by atoms with Crippen LogP contribution in [0.4, 0.5) is 4.39 Å². The monoisotopic (exact) mass is 418 g/mol. The molecule has 0 bridgehead atoms. The van der Waals surface area contributed by atoms with Crippen molar-refractivity contribution < 1.29 is 19.0 Å². The van der Waals surface area contributed by atoms with E-state index in [1.165, 1.54) is 0 Å². The number of aliphatic hydroxyl groups is 1. The highest BCUT2D eigenvalue weighted by molar-refractivity contribution is 5.56. The van der Waals surface area contributed by atoms with Crippen LogP contribution in [0.3, 0.4) is 0 Å². The molecule has 2 rings (SSSR count). The predicted octanol–water partition coefficient (Wildman–Crippen LogP) is 5.76. The van der Waals surface area contributed by atoms with E-state index in [0.29, 0.717) is 43.4 Å². The van der Waals surface area contributed by atoms with E-state index in [0.717, 1.165) is 44.1 Å². The molecule has 6 heteroatoms. The lowest BCUT2D eigenvalue weighted by atomic mass is 10.1. The molecular formula is C24H35FN2O3. The molecule has 0 aliphatic carbocycles. The summed E-state index contributed by atoms with van der Waals surface area (Å²) in [5, 5.41) is 9.95. The van der Waals surface area contributed by atoms with Crippen molar-refractivity contribution in [3.63, 3.8) is 0 Å². The van der Waals surface area contributed by atoms with Crippen molar-refractivity contribution in [1.29, 1.82) is 0 Å². The van der Waals surface area contributed by atoms with E-state index in [2.05, 4.69) is 23.8 Å². The molecule has 5 nitrogen and oxygen atoms in total. The molecule has 166 valence electrons. The lowest BCUT2D eigenvalue weighted by molar-refractivity contribution is 0.0976. The van der Waals surface area contributed by atoms with Crippen molar-refractivity contribution in [3.05, 3.63) is 36.7 Å². The lowest BCUT2D eigenvalue weighted by Crippen LogP contribution is -2.17. The molecule has 0 unspecified atom stereocenters. The Bertz CT molecular complexity index is 695. The van der Waals surface area contributed by atoms with Crippen LogP contribution in [-0.2, 0) is 0 Å². The van der Waals surface area contributed by atoms with E-state index in [1.54, 1.807) is 12.4 Å². The van der Waals surface area contributed by atoms with Gasteiger partial charge in [0, 0.05) is 12.0 Å². The van der Waals surface area contributed by atoms with Gasteiger partial charge in [0.1, 0.15) is 18.5 Å². The van der Waals surface area contributed by atoms with Crippen LogP contribution in [0.15, 0.2) is 36.7 Å². The van der Waals surface area contributed by atoms with Crippen LogP contribution < -0.4 is 9.47 Å². The highest BCUT2D eigenvalue weighted by Crippen LogP contribution is 2.21. The minimum atomic E-state index is -0.816. The highest BCUT2D eigenvalue weighted by Gasteiger charge is 2.08. The number of benzene rings is 1. The van der Waals surface area contributed by atoms with E-state index in [-0.39, 0.29) is 0 Å². The van der Waals surface area contributed by atoms with E-state index in [9.17, 15) is 9.50 Å². The van der Waals surface area contributed by atoms with Gasteiger partial charge in [0.25, 0.3) is 0 Å². The average Bonchev–Trinajstić information content (AvgIpc) is 2.77. The fourth-order valence-electron chi connectivity index (χ4n) is 3.02. The summed E-state index contributed by atoms with van der Waals surface area (Å²) >= 11 is 0. The van der Waals surface area contributed by atoms with Crippen molar-refractivity contribution in [2.45, 2.75) is 77.5 Å². The Kier molecular flexibility index (Phi) is 11.2. The molecule has 0 amide bonds. The standard InChI is InChI=1S/C24H35FN2O3/c1-3-5-7-9-21(28)18-30-22-12-10-19(11-13-22)24-26-16-23(17-27-24)29-15-14-20(25)8-6-4-2/h10-13,16-17,20-21,28H,3-9,14-15,18H2,1-2H3/t20-,21-/m0/s1. The van der Waals surface area contributed by atoms with Gasteiger partial charge in [-0.05, 0) is 37.1 Å². The maximum atomic E-state index is 13.6. The molecule has 30 heavy (non-hydrogen) atoms. The molecular weight excluding hydrogens is 383 g/mol.